The summed E-state index contributed by atoms with van der Waals surface area (Å²) in [7, 11) is -3.16. The standard InChI is InChI=1S/C14H31NO3S/c1-12(2)11-15-9-7-14(6,16)8-10-19(17,18)13(3,4)5/h12,15-16H,7-11H2,1-6H3. The van der Waals surface area contributed by atoms with E-state index in [1.54, 1.807) is 27.7 Å². The summed E-state index contributed by atoms with van der Waals surface area (Å²) in [5.74, 6) is 0.611. The van der Waals surface area contributed by atoms with E-state index in [1.165, 1.54) is 0 Å². The van der Waals surface area contributed by atoms with Gasteiger partial charge in [0, 0.05) is 0 Å². The summed E-state index contributed by atoms with van der Waals surface area (Å²) in [6.07, 6.45) is 0.856. The smallest absolute Gasteiger partial charge is 0.155 e. The van der Waals surface area contributed by atoms with E-state index in [1.807, 2.05) is 0 Å². The molecule has 0 radical (unpaired) electrons. The van der Waals surface area contributed by atoms with Gasteiger partial charge in [-0.15, -0.1) is 0 Å². The van der Waals surface area contributed by atoms with Gasteiger partial charge >= 0.3 is 0 Å². The normalized spacial score (nSPS) is 16.6. The molecule has 0 aromatic heterocycles. The van der Waals surface area contributed by atoms with Crippen molar-refractivity contribution in [3.63, 3.8) is 0 Å². The zero-order valence-corrected chi connectivity index (χ0v) is 14.1. The second kappa shape index (κ2) is 7.04. The van der Waals surface area contributed by atoms with E-state index in [9.17, 15) is 13.5 Å². The molecule has 2 N–H and O–H groups in total. The van der Waals surface area contributed by atoms with Gasteiger partial charge in [0.25, 0.3) is 0 Å². The van der Waals surface area contributed by atoms with E-state index in [0.717, 1.165) is 6.54 Å². The van der Waals surface area contributed by atoms with Crippen molar-refractivity contribution < 1.29 is 13.5 Å². The highest BCUT2D eigenvalue weighted by atomic mass is 32.2. The Morgan fingerprint density at radius 3 is 2.05 bits per heavy atom. The number of hydrogen-bond donors (Lipinski definition) is 2. The first kappa shape index (κ1) is 18.9. The molecule has 5 heteroatoms. The molecule has 0 aromatic rings. The maximum absolute atomic E-state index is 12.0. The Kier molecular flexibility index (Phi) is 7.00. The van der Waals surface area contributed by atoms with Crippen molar-refractivity contribution in [2.24, 2.45) is 5.92 Å². The van der Waals surface area contributed by atoms with Crippen molar-refractivity contribution in [1.82, 2.24) is 5.32 Å². The Morgan fingerprint density at radius 1 is 1.11 bits per heavy atom. The average Bonchev–Trinajstić information content (AvgIpc) is 2.20. The van der Waals surface area contributed by atoms with Gasteiger partial charge in [0.05, 0.1) is 16.1 Å². The largest absolute Gasteiger partial charge is 0.390 e. The summed E-state index contributed by atoms with van der Waals surface area (Å²) < 4.78 is 23.2. The quantitative estimate of drug-likeness (QED) is 0.672. The molecular formula is C14H31NO3S. The van der Waals surface area contributed by atoms with Crippen molar-refractivity contribution in [1.29, 1.82) is 0 Å². The van der Waals surface area contributed by atoms with Gasteiger partial charge in [-0.1, -0.05) is 13.8 Å². The molecule has 0 amide bonds. The first-order chi connectivity index (χ1) is 8.37. The average molecular weight is 293 g/mol. The van der Waals surface area contributed by atoms with Crippen molar-refractivity contribution in [2.75, 3.05) is 18.8 Å². The fourth-order valence-electron chi connectivity index (χ4n) is 1.53. The van der Waals surface area contributed by atoms with Crippen LogP contribution >= 0.6 is 0 Å². The lowest BCUT2D eigenvalue weighted by Crippen LogP contribution is -2.37. The van der Waals surface area contributed by atoms with Gasteiger partial charge in [0.1, 0.15) is 0 Å². The van der Waals surface area contributed by atoms with Crippen LogP contribution in [0.3, 0.4) is 0 Å². The van der Waals surface area contributed by atoms with Crippen LogP contribution in [0.5, 0.6) is 0 Å². The van der Waals surface area contributed by atoms with E-state index in [4.69, 9.17) is 0 Å². The van der Waals surface area contributed by atoms with Crippen LogP contribution in [-0.4, -0.2) is 42.7 Å². The van der Waals surface area contributed by atoms with Gasteiger partial charge in [-0.05, 0) is 59.5 Å². The summed E-state index contributed by atoms with van der Waals surface area (Å²) in [4.78, 5) is 0. The number of nitrogens with one attached hydrogen (secondary N) is 1. The molecule has 0 spiro atoms. The highest BCUT2D eigenvalue weighted by Gasteiger charge is 2.31. The molecule has 1 unspecified atom stereocenters. The van der Waals surface area contributed by atoms with Crippen molar-refractivity contribution in [2.45, 2.75) is 64.7 Å². The molecule has 0 aromatic carbocycles. The molecule has 1 atom stereocenters. The van der Waals surface area contributed by atoms with E-state index < -0.39 is 20.2 Å². The Bertz CT molecular complexity index is 353. The van der Waals surface area contributed by atoms with Crippen LogP contribution in [0.25, 0.3) is 0 Å². The molecule has 4 nitrogen and oxygen atoms in total. The van der Waals surface area contributed by atoms with Crippen LogP contribution in [-0.2, 0) is 9.84 Å². The lowest BCUT2D eigenvalue weighted by atomic mass is 9.99. The number of sulfone groups is 1. The summed E-state index contributed by atoms with van der Waals surface area (Å²) in [6.45, 7) is 12.7. The molecule has 0 fully saturated rings. The fourth-order valence-corrected chi connectivity index (χ4v) is 2.85. The Hall–Kier alpha value is -0.130. The van der Waals surface area contributed by atoms with Crippen LogP contribution < -0.4 is 5.32 Å². The van der Waals surface area contributed by atoms with Crippen LogP contribution in [0.4, 0.5) is 0 Å². The predicted octanol–water partition coefficient (Wildman–Crippen LogP) is 1.98. The predicted molar refractivity (Wildman–Crippen MR) is 81.1 cm³/mol. The van der Waals surface area contributed by atoms with Gasteiger partial charge in [-0.25, -0.2) is 8.42 Å². The summed E-state index contributed by atoms with van der Waals surface area (Å²) in [6, 6.07) is 0. The lowest BCUT2D eigenvalue weighted by molar-refractivity contribution is 0.0478. The van der Waals surface area contributed by atoms with Crippen LogP contribution in [0.1, 0.15) is 54.4 Å². The highest BCUT2D eigenvalue weighted by Crippen LogP contribution is 2.21. The van der Waals surface area contributed by atoms with Crippen LogP contribution in [0, 0.1) is 5.92 Å². The molecule has 0 heterocycles. The minimum absolute atomic E-state index is 0.0354. The third kappa shape index (κ3) is 7.90. The molecule has 0 saturated heterocycles. The van der Waals surface area contributed by atoms with E-state index in [-0.39, 0.29) is 12.2 Å². The van der Waals surface area contributed by atoms with Gasteiger partial charge < -0.3 is 10.4 Å². The van der Waals surface area contributed by atoms with Crippen molar-refractivity contribution in [3.05, 3.63) is 0 Å². The third-order valence-corrected chi connectivity index (χ3v) is 5.84. The first-order valence-electron chi connectivity index (χ1n) is 7.03. The van der Waals surface area contributed by atoms with E-state index in [2.05, 4.69) is 19.2 Å². The topological polar surface area (TPSA) is 66.4 Å². The SMILES string of the molecule is CC(C)CNCCC(C)(O)CCS(=O)(=O)C(C)(C)C. The van der Waals surface area contributed by atoms with Crippen molar-refractivity contribution in [3.8, 4) is 0 Å². The molecule has 0 aliphatic rings. The van der Waals surface area contributed by atoms with Crippen LogP contribution in [0.15, 0.2) is 0 Å². The zero-order valence-electron chi connectivity index (χ0n) is 13.3. The monoisotopic (exact) mass is 293 g/mol. The minimum atomic E-state index is -3.16. The molecule has 19 heavy (non-hydrogen) atoms. The highest BCUT2D eigenvalue weighted by molar-refractivity contribution is 7.92. The molecule has 0 aliphatic carbocycles. The van der Waals surface area contributed by atoms with Gasteiger partial charge in [-0.2, -0.15) is 0 Å². The molecule has 0 aliphatic heterocycles. The lowest BCUT2D eigenvalue weighted by Gasteiger charge is -2.26. The van der Waals surface area contributed by atoms with Gasteiger partial charge in [0.2, 0.25) is 0 Å². The molecular weight excluding hydrogens is 262 g/mol. The Balaban J connectivity index is 4.17. The molecule has 0 saturated carbocycles. The van der Waals surface area contributed by atoms with Crippen molar-refractivity contribution >= 4 is 9.84 Å². The van der Waals surface area contributed by atoms with E-state index in [0.29, 0.717) is 18.9 Å². The summed E-state index contributed by atoms with van der Waals surface area (Å²) in [5.41, 5.74) is -0.928. The zero-order chi connectivity index (χ0) is 15.3. The molecule has 116 valence electrons. The number of rotatable bonds is 8. The summed E-state index contributed by atoms with van der Waals surface area (Å²) >= 11 is 0. The number of hydrogen-bond acceptors (Lipinski definition) is 4. The second-order valence-corrected chi connectivity index (χ2v) is 9.89. The molecule has 0 bridgehead atoms. The Morgan fingerprint density at radius 2 is 1.63 bits per heavy atom. The third-order valence-electron chi connectivity index (χ3n) is 3.24. The van der Waals surface area contributed by atoms with Gasteiger partial charge in [0.15, 0.2) is 9.84 Å². The molecule has 0 rings (SSSR count). The number of aliphatic hydroxyl groups is 1. The van der Waals surface area contributed by atoms with E-state index >= 15 is 0 Å². The second-order valence-electron chi connectivity index (χ2n) is 7.03. The minimum Gasteiger partial charge on any atom is -0.390 e. The van der Waals surface area contributed by atoms with Gasteiger partial charge in [-0.3, -0.25) is 0 Å². The fraction of sp³-hybridized carbons (Fsp3) is 1.00. The summed E-state index contributed by atoms with van der Waals surface area (Å²) in [5, 5.41) is 13.5. The Labute approximate surface area is 118 Å². The maximum Gasteiger partial charge on any atom is 0.155 e. The first-order valence-corrected chi connectivity index (χ1v) is 8.68. The van der Waals surface area contributed by atoms with Crippen LogP contribution in [0.2, 0.25) is 0 Å². The maximum atomic E-state index is 12.0.